The molecule has 0 atom stereocenters. The van der Waals surface area contributed by atoms with Gasteiger partial charge in [0.15, 0.2) is 0 Å². The number of fused-ring (bicyclic) bond motifs is 1. The van der Waals surface area contributed by atoms with Gasteiger partial charge in [0.25, 0.3) is 0 Å². The van der Waals surface area contributed by atoms with Crippen molar-refractivity contribution in [1.82, 2.24) is 0 Å². The van der Waals surface area contributed by atoms with Gasteiger partial charge in [-0.05, 0) is 84.4 Å². The Morgan fingerprint density at radius 3 is 1.72 bits per heavy atom. The predicted molar refractivity (Wildman–Crippen MR) is 176 cm³/mol. The Bertz CT molecular complexity index is 2530. The van der Waals surface area contributed by atoms with E-state index in [1.807, 2.05) is 0 Å². The number of hydrazone groups is 1. The summed E-state index contributed by atoms with van der Waals surface area (Å²) >= 11 is 0. The molecule has 19 nitrogen and oxygen atoms in total. The van der Waals surface area contributed by atoms with E-state index in [0.29, 0.717) is 34.9 Å². The second kappa shape index (κ2) is 18.1. The van der Waals surface area contributed by atoms with Gasteiger partial charge in [0.1, 0.15) is 47.4 Å². The number of nitrogens with one attached hydrogen (secondary N) is 1. The van der Waals surface area contributed by atoms with Crippen LogP contribution in [0.25, 0.3) is 6.08 Å². The van der Waals surface area contributed by atoms with Gasteiger partial charge >= 0.3 is 88.7 Å². The number of carbonyl (C=O) groups is 1. The molecule has 4 aromatic rings. The molecule has 0 spiro atoms. The molecule has 0 heterocycles. The molecule has 5 rings (SSSR count). The van der Waals surface area contributed by atoms with E-state index in [4.69, 9.17) is 17.2 Å². The molecule has 0 saturated heterocycles. The summed E-state index contributed by atoms with van der Waals surface area (Å²) in [5.41, 5.74) is 17.9. The molecular formula is C28H20N9Na3O10S3. The molecule has 0 amide bonds. The van der Waals surface area contributed by atoms with Gasteiger partial charge in [-0.2, -0.15) is 15.3 Å². The summed E-state index contributed by atoms with van der Waals surface area (Å²) < 4.78 is 107. The fourth-order valence-electron chi connectivity index (χ4n) is 4.37. The molecule has 1 aliphatic rings. The van der Waals surface area contributed by atoms with Crippen LogP contribution in [0.3, 0.4) is 0 Å². The van der Waals surface area contributed by atoms with Gasteiger partial charge in [-0.1, -0.05) is 0 Å². The number of carbonyl (C=O) groups excluding carboxylic acids is 1. The first kappa shape index (κ1) is 46.2. The van der Waals surface area contributed by atoms with Crippen LogP contribution in [0.4, 0.5) is 45.5 Å². The van der Waals surface area contributed by atoms with Crippen molar-refractivity contribution in [2.75, 3.05) is 22.6 Å². The van der Waals surface area contributed by atoms with Gasteiger partial charge in [-0.15, -0.1) is 10.2 Å². The third kappa shape index (κ3) is 11.1. The van der Waals surface area contributed by atoms with Crippen LogP contribution in [0.1, 0.15) is 15.9 Å². The van der Waals surface area contributed by atoms with Gasteiger partial charge in [0.2, 0.25) is 5.78 Å². The zero-order valence-corrected chi connectivity index (χ0v) is 36.2. The number of nitrogen functional groups attached to an aromatic ring is 3. The third-order valence-corrected chi connectivity index (χ3v) is 9.26. The van der Waals surface area contributed by atoms with Crippen molar-refractivity contribution in [2.24, 2.45) is 25.6 Å². The summed E-state index contributed by atoms with van der Waals surface area (Å²) in [6, 6.07) is 15.0. The quantitative estimate of drug-likeness (QED) is 0.0404. The molecular weight excluding hydrogens is 788 g/mol. The van der Waals surface area contributed by atoms with Crippen LogP contribution in [-0.2, 0) is 30.4 Å². The molecule has 0 fully saturated rings. The van der Waals surface area contributed by atoms with E-state index in [-0.39, 0.29) is 100 Å². The van der Waals surface area contributed by atoms with E-state index in [1.165, 1.54) is 30.3 Å². The topological polar surface area (TPSA) is 341 Å². The predicted octanol–water partition coefficient (Wildman–Crippen LogP) is -5.37. The Morgan fingerprint density at radius 1 is 0.642 bits per heavy atom. The summed E-state index contributed by atoms with van der Waals surface area (Å²) in [5, 5.41) is 19.5. The molecule has 0 radical (unpaired) electrons. The molecule has 0 aliphatic heterocycles. The summed E-state index contributed by atoms with van der Waals surface area (Å²) in [4.78, 5) is 10.7. The molecule has 258 valence electrons. The molecule has 4 aromatic carbocycles. The second-order valence-electron chi connectivity index (χ2n) is 10.1. The monoisotopic (exact) mass is 807 g/mol. The van der Waals surface area contributed by atoms with E-state index in [2.05, 4.69) is 31.0 Å². The fourth-order valence-corrected chi connectivity index (χ4v) is 6.15. The van der Waals surface area contributed by atoms with Crippen molar-refractivity contribution in [3.63, 3.8) is 0 Å². The van der Waals surface area contributed by atoms with E-state index >= 15 is 0 Å². The Balaban J connectivity index is 0.00000324. The van der Waals surface area contributed by atoms with Crippen molar-refractivity contribution in [3.05, 3.63) is 88.8 Å². The van der Waals surface area contributed by atoms with Crippen LogP contribution in [0.2, 0.25) is 0 Å². The Kier molecular flexibility index (Phi) is 15.8. The number of nitrogens with two attached hydrogens (primary N) is 3. The maximum atomic E-state index is 13.6. The van der Waals surface area contributed by atoms with E-state index < -0.39 is 79.0 Å². The Hall–Kier alpha value is -2.91. The van der Waals surface area contributed by atoms with E-state index in [1.54, 1.807) is 12.1 Å². The van der Waals surface area contributed by atoms with E-state index in [9.17, 15) is 43.7 Å². The molecule has 25 heteroatoms. The zero-order chi connectivity index (χ0) is 36.6. The molecule has 0 saturated carbocycles. The second-order valence-corrected chi connectivity index (χ2v) is 14.2. The van der Waals surface area contributed by atoms with Crippen molar-refractivity contribution >= 4 is 93.4 Å². The van der Waals surface area contributed by atoms with Gasteiger partial charge in [-0.25, -0.2) is 25.3 Å². The normalized spacial score (nSPS) is 13.8. The number of anilines is 4. The van der Waals surface area contributed by atoms with Gasteiger partial charge in [0.05, 0.1) is 48.7 Å². The Morgan fingerprint density at radius 2 is 1.21 bits per heavy atom. The number of allylic oxidation sites excluding steroid dienone is 1. The smallest absolute Gasteiger partial charge is 0.744 e. The van der Waals surface area contributed by atoms with Crippen molar-refractivity contribution in [2.45, 2.75) is 9.79 Å². The minimum atomic E-state index is -5.46. The Labute approximate surface area is 368 Å². The van der Waals surface area contributed by atoms with Crippen LogP contribution >= 0.6 is 0 Å². The van der Waals surface area contributed by atoms with Crippen LogP contribution in [0, 0.1) is 0 Å². The summed E-state index contributed by atoms with van der Waals surface area (Å²) in [7, 11) is -15.6. The number of azo groups is 2. The van der Waals surface area contributed by atoms with Crippen LogP contribution in [-0.4, -0.2) is 50.4 Å². The van der Waals surface area contributed by atoms with Gasteiger partial charge < -0.3 is 30.9 Å². The number of ketones is 1. The molecule has 7 N–H and O–H groups in total. The third-order valence-electron chi connectivity index (χ3n) is 6.71. The van der Waals surface area contributed by atoms with Gasteiger partial charge in [-0.3, -0.25) is 10.2 Å². The average Bonchev–Trinajstić information content (AvgIpc) is 3.02. The SMILES string of the molecule is Nc1ccc(N=Nc2ccc(N=Nc3c(S(=O)(=O)[O-])cc4c(c3N)C(=O)/C(=N\Nc3ccc(S(=O)(=O)[O-])cc3)C(S(=O)(=O)[O-])=C4)cc2)c(N)c1.[Na+].[Na+].[Na+]. The molecule has 0 unspecified atom stereocenters. The number of hydrogen-bond donors (Lipinski definition) is 4. The summed E-state index contributed by atoms with van der Waals surface area (Å²) in [5.74, 6) is -1.29. The fraction of sp³-hybridized carbons (Fsp3) is 0. The number of benzene rings is 4. The summed E-state index contributed by atoms with van der Waals surface area (Å²) in [6.45, 7) is 0. The summed E-state index contributed by atoms with van der Waals surface area (Å²) in [6.07, 6.45) is 0.601. The molecule has 1 aliphatic carbocycles. The maximum Gasteiger partial charge on any atom is 1.00 e. The van der Waals surface area contributed by atoms with Crippen LogP contribution in [0.15, 0.2) is 113 Å². The molecule has 0 bridgehead atoms. The van der Waals surface area contributed by atoms with Crippen molar-refractivity contribution in [3.8, 4) is 0 Å². The van der Waals surface area contributed by atoms with E-state index in [0.717, 1.165) is 24.3 Å². The first-order chi connectivity index (χ1) is 23.3. The average molecular weight is 808 g/mol. The molecule has 0 aromatic heterocycles. The minimum absolute atomic E-state index is 0. The van der Waals surface area contributed by atoms with Crippen molar-refractivity contribution < 1.29 is 132 Å². The minimum Gasteiger partial charge on any atom is -0.744 e. The number of hydrogen-bond acceptors (Lipinski definition) is 19. The number of nitrogens with zero attached hydrogens (tertiary/aromatic N) is 5. The van der Waals surface area contributed by atoms with Crippen LogP contribution < -0.4 is 111 Å². The van der Waals surface area contributed by atoms with Crippen molar-refractivity contribution in [1.29, 1.82) is 0 Å². The first-order valence-electron chi connectivity index (χ1n) is 13.5. The zero-order valence-electron chi connectivity index (χ0n) is 27.8. The molecule has 53 heavy (non-hydrogen) atoms. The number of rotatable bonds is 9. The maximum absolute atomic E-state index is 13.6. The largest absolute Gasteiger partial charge is 1.00 e. The van der Waals surface area contributed by atoms with Gasteiger partial charge in [0, 0.05) is 5.69 Å². The first-order valence-corrected chi connectivity index (χ1v) is 17.7. The number of Topliss-reactive ketones (excluding diaryl/α,β-unsaturated/α-hetero) is 1. The standard InChI is InChI=1S/C28H23N9O10S3.3Na/c29-15-1-10-21(20(30)13-15)35-32-16-2-4-17(5-3-16)33-36-26-22(49(42,43)44)11-14-12-23(50(45,46)47)27(28(38)24(14)25(26)31)37-34-18-6-8-19(9-7-18)48(39,40)41;;;/h1-13,34H,29-31H2,(H,39,40,41)(H,42,43,44)(H,45,46,47);;;/q;3*+1/p-3/b35-32?,36-33?,37-27-;;;. The van der Waals surface area contributed by atoms with Crippen LogP contribution in [0.5, 0.6) is 0 Å².